The molecule has 3 aromatic carbocycles. The number of rotatable bonds is 7. The van der Waals surface area contributed by atoms with Crippen LogP contribution in [0.5, 0.6) is 5.75 Å². The maximum atomic E-state index is 13.3. The summed E-state index contributed by atoms with van der Waals surface area (Å²) in [7, 11) is -12.6. The van der Waals surface area contributed by atoms with Crippen LogP contribution in [0.3, 0.4) is 0 Å². The Morgan fingerprint density at radius 3 is 2.00 bits per heavy atom. The zero-order chi connectivity index (χ0) is 28.8. The maximum Gasteiger partial charge on any atom is 1.00 e. The summed E-state index contributed by atoms with van der Waals surface area (Å²) in [5.41, 5.74) is -0.349. The third-order valence-corrected chi connectivity index (χ3v) is 8.47. The molecular weight excluding hydrogens is 579 g/mol. The third kappa shape index (κ3) is 7.98. The number of aryl methyl sites for hydroxylation is 2. The predicted octanol–water partition coefficient (Wildman–Crippen LogP) is 0.645. The molecule has 0 saturated heterocycles. The molecule has 0 bridgehead atoms. The van der Waals surface area contributed by atoms with E-state index in [0.717, 1.165) is 12.3 Å². The Balaban J connectivity index is 0.00000533. The van der Waals surface area contributed by atoms with Gasteiger partial charge in [-0.25, -0.2) is 21.6 Å². The molecule has 0 aliphatic rings. The van der Waals surface area contributed by atoms with Gasteiger partial charge < -0.3 is 5.11 Å². The van der Waals surface area contributed by atoms with E-state index in [0.29, 0.717) is 5.56 Å². The fourth-order valence-electron chi connectivity index (χ4n) is 3.70. The average Bonchev–Trinajstić information content (AvgIpc) is 2.71. The summed E-state index contributed by atoms with van der Waals surface area (Å²) in [6, 6.07) is 7.70. The third-order valence-electron chi connectivity index (χ3n) is 5.12. The number of benzene rings is 3. The van der Waals surface area contributed by atoms with Crippen molar-refractivity contribution >= 4 is 58.0 Å². The second-order valence-electron chi connectivity index (χ2n) is 9.76. The SMILES string of the molecule is Cc1cc(S(=O)(=O)O)c(C)cc1N=Nc1cc(S(=O)(=O)NC(C)(C)C)c([O-])c2cccc(NS(C)(=O)=O)c12.[Na+]. The summed E-state index contributed by atoms with van der Waals surface area (Å²) in [5.74, 6) is -0.864. The van der Waals surface area contributed by atoms with Crippen LogP contribution in [0.15, 0.2) is 56.4 Å². The van der Waals surface area contributed by atoms with Crippen LogP contribution >= 0.6 is 0 Å². The molecule has 0 amide bonds. The second kappa shape index (κ2) is 11.4. The van der Waals surface area contributed by atoms with Gasteiger partial charge in [-0.3, -0.25) is 9.27 Å². The van der Waals surface area contributed by atoms with Crippen molar-refractivity contribution in [2.24, 2.45) is 10.2 Å². The monoisotopic (exact) mass is 606 g/mol. The van der Waals surface area contributed by atoms with E-state index in [1.165, 1.54) is 44.2 Å². The van der Waals surface area contributed by atoms with Crippen molar-refractivity contribution in [3.05, 3.63) is 47.5 Å². The first-order valence-electron chi connectivity index (χ1n) is 11.0. The zero-order valence-corrected chi connectivity index (χ0v) is 26.8. The van der Waals surface area contributed by atoms with Gasteiger partial charge in [-0.1, -0.05) is 17.9 Å². The average molecular weight is 607 g/mol. The van der Waals surface area contributed by atoms with E-state index in [1.807, 2.05) is 0 Å². The number of nitrogens with zero attached hydrogens (tertiary/aromatic N) is 2. The molecule has 0 radical (unpaired) electrons. The summed E-state index contributed by atoms with van der Waals surface area (Å²) >= 11 is 0. The number of anilines is 1. The van der Waals surface area contributed by atoms with E-state index in [4.69, 9.17) is 0 Å². The van der Waals surface area contributed by atoms with E-state index in [1.54, 1.807) is 20.8 Å². The predicted molar refractivity (Wildman–Crippen MR) is 142 cm³/mol. The molecule has 0 atom stereocenters. The van der Waals surface area contributed by atoms with Gasteiger partial charge in [-0.2, -0.15) is 13.5 Å². The van der Waals surface area contributed by atoms with E-state index in [2.05, 4.69) is 19.7 Å². The Bertz CT molecular complexity index is 1800. The van der Waals surface area contributed by atoms with E-state index >= 15 is 0 Å². The fraction of sp³-hybridized carbons (Fsp3) is 0.304. The van der Waals surface area contributed by atoms with Crippen LogP contribution < -0.4 is 44.1 Å². The molecule has 0 aliphatic carbocycles. The Labute approximate surface area is 250 Å². The molecule has 206 valence electrons. The largest absolute Gasteiger partial charge is 1.00 e. The van der Waals surface area contributed by atoms with Gasteiger partial charge in [-0.05, 0) is 75.4 Å². The molecule has 3 N–H and O–H groups in total. The molecule has 12 nitrogen and oxygen atoms in total. The van der Waals surface area contributed by atoms with Gasteiger partial charge in [0.05, 0.1) is 33.1 Å². The topological polar surface area (TPSA) is 194 Å². The van der Waals surface area contributed by atoms with Crippen LogP contribution in [0.2, 0.25) is 0 Å². The molecule has 0 heterocycles. The normalized spacial score (nSPS) is 13.0. The van der Waals surface area contributed by atoms with Gasteiger partial charge in [0.15, 0.2) is 0 Å². The van der Waals surface area contributed by atoms with Crippen molar-refractivity contribution in [3.63, 3.8) is 0 Å². The van der Waals surface area contributed by atoms with Crippen LogP contribution in [-0.2, 0) is 30.2 Å². The molecule has 3 rings (SSSR count). The fourth-order valence-corrected chi connectivity index (χ4v) is 6.60. The minimum Gasteiger partial charge on any atom is -0.871 e. The molecule has 0 fully saturated rings. The molecule has 16 heteroatoms. The van der Waals surface area contributed by atoms with Gasteiger partial charge in [0.25, 0.3) is 10.1 Å². The first-order valence-corrected chi connectivity index (χ1v) is 15.8. The molecule has 0 unspecified atom stereocenters. The van der Waals surface area contributed by atoms with Crippen molar-refractivity contribution in [3.8, 4) is 5.75 Å². The van der Waals surface area contributed by atoms with E-state index in [9.17, 15) is 34.9 Å². The molecule has 0 spiro atoms. The molecule has 0 aliphatic heterocycles. The second-order valence-corrected chi connectivity index (χ2v) is 14.5. The number of hydrogen-bond donors (Lipinski definition) is 3. The van der Waals surface area contributed by atoms with Crippen molar-refractivity contribution in [2.45, 2.75) is 49.9 Å². The van der Waals surface area contributed by atoms with Gasteiger partial charge >= 0.3 is 29.6 Å². The Kier molecular flexibility index (Phi) is 9.68. The Hall–Kier alpha value is -2.11. The minimum absolute atomic E-state index is 0. The van der Waals surface area contributed by atoms with E-state index in [-0.39, 0.29) is 67.9 Å². The molecule has 3 aromatic rings. The smallest absolute Gasteiger partial charge is 0.871 e. The molecule has 0 aromatic heterocycles. The van der Waals surface area contributed by atoms with Crippen LogP contribution in [0.4, 0.5) is 17.1 Å². The number of hydrogen-bond acceptors (Lipinski definition) is 9. The summed E-state index contributed by atoms with van der Waals surface area (Å²) in [5, 5.41) is 21.5. The quantitative estimate of drug-likeness (QED) is 0.198. The summed E-state index contributed by atoms with van der Waals surface area (Å²) in [6.45, 7) is 7.78. The number of azo groups is 1. The number of fused-ring (bicyclic) bond motifs is 1. The van der Waals surface area contributed by atoms with Gasteiger partial charge in [-0.15, -0.1) is 5.11 Å². The standard InChI is InChI=1S/C23H28N4O8S3.Na/c1-13-11-19(38(33,34)35)14(2)10-17(13)24-25-18-12-20(37(31,32)27-23(3,4)5)22(28)15-8-7-9-16(21(15)18)26-36(6,29)30;/h7-12,26-28H,1-6H3,(H,33,34,35);/q;+1/p-1. The van der Waals surface area contributed by atoms with Crippen molar-refractivity contribution < 1.29 is 64.5 Å². The zero-order valence-electron chi connectivity index (χ0n) is 22.4. The van der Waals surface area contributed by atoms with Gasteiger partial charge in [0.1, 0.15) is 0 Å². The summed E-state index contributed by atoms with van der Waals surface area (Å²) in [6.07, 6.45) is 0.917. The van der Waals surface area contributed by atoms with Gasteiger partial charge in [0.2, 0.25) is 20.0 Å². The summed E-state index contributed by atoms with van der Waals surface area (Å²) in [4.78, 5) is -0.920. The first kappa shape index (κ1) is 33.1. The number of nitrogens with one attached hydrogen (secondary N) is 2. The van der Waals surface area contributed by atoms with Gasteiger partial charge in [0, 0.05) is 10.9 Å². The van der Waals surface area contributed by atoms with Crippen molar-refractivity contribution in [1.29, 1.82) is 0 Å². The van der Waals surface area contributed by atoms with E-state index < -0.39 is 46.3 Å². The van der Waals surface area contributed by atoms with Crippen molar-refractivity contribution in [1.82, 2.24) is 4.72 Å². The molecule has 39 heavy (non-hydrogen) atoms. The Morgan fingerprint density at radius 2 is 1.46 bits per heavy atom. The molecular formula is C23H27N4NaO8S3. The Morgan fingerprint density at radius 1 is 0.872 bits per heavy atom. The van der Waals surface area contributed by atoms with Crippen LogP contribution in [-0.4, -0.2) is 41.6 Å². The van der Waals surface area contributed by atoms with Crippen LogP contribution in [0.1, 0.15) is 31.9 Å². The minimum atomic E-state index is -4.48. The maximum absolute atomic E-state index is 13.3. The number of sulfonamides is 2. The first-order chi connectivity index (χ1) is 17.2. The summed E-state index contributed by atoms with van der Waals surface area (Å²) < 4.78 is 87.5. The van der Waals surface area contributed by atoms with Crippen LogP contribution in [0, 0.1) is 13.8 Å². The van der Waals surface area contributed by atoms with Crippen molar-refractivity contribution in [2.75, 3.05) is 11.0 Å². The van der Waals surface area contributed by atoms with Crippen LogP contribution in [0.25, 0.3) is 10.8 Å². The molecule has 0 saturated carbocycles.